The first-order valence-corrected chi connectivity index (χ1v) is 8.44. The molecule has 10 heteroatoms. The topological polar surface area (TPSA) is 83.6 Å². The first-order chi connectivity index (χ1) is 12.1. The van der Waals surface area contributed by atoms with Gasteiger partial charge >= 0.3 is 0 Å². The zero-order valence-electron chi connectivity index (χ0n) is 13.6. The summed E-state index contributed by atoms with van der Waals surface area (Å²) >= 11 is 11.1. The van der Waals surface area contributed by atoms with Crippen LogP contribution in [0.5, 0.6) is 5.88 Å². The van der Waals surface area contributed by atoms with Gasteiger partial charge in [-0.3, -0.25) is 14.3 Å². The predicted octanol–water partition coefficient (Wildman–Crippen LogP) is 2.81. The van der Waals surface area contributed by atoms with E-state index in [4.69, 9.17) is 28.6 Å². The highest BCUT2D eigenvalue weighted by Gasteiger charge is 2.20. The lowest BCUT2D eigenvalue weighted by atomic mass is 10.2. The minimum absolute atomic E-state index is 0.00715. The molecule has 0 unspecified atom stereocenters. The largest absolute Gasteiger partial charge is 0.493 e. The minimum Gasteiger partial charge on any atom is -0.493 e. The fraction of sp³-hybridized carbons (Fsp3) is 0.400. The number of nitrogens with zero attached hydrogens (tertiary/aromatic N) is 4. The molecule has 2 heterocycles. The number of nitrogens with one attached hydrogen (secondary N) is 1. The van der Waals surface area contributed by atoms with Gasteiger partial charge in [-0.05, 0) is 30.4 Å². The number of fused-ring (bicyclic) bond motifs is 1. The Balaban J connectivity index is 1.99. The summed E-state index contributed by atoms with van der Waals surface area (Å²) in [7, 11) is 1.42. The third-order valence-corrected chi connectivity index (χ3v) is 4.25. The normalized spacial score (nSPS) is 15.9. The fourth-order valence-electron chi connectivity index (χ4n) is 2.68. The van der Waals surface area contributed by atoms with E-state index >= 15 is 0 Å². The van der Waals surface area contributed by atoms with Crippen LogP contribution in [0.2, 0.25) is 5.02 Å². The van der Waals surface area contributed by atoms with Crippen LogP contribution < -0.4 is 5.48 Å². The molecule has 1 saturated heterocycles. The fourth-order valence-corrected chi connectivity index (χ4v) is 2.98. The molecule has 1 fully saturated rings. The van der Waals surface area contributed by atoms with Crippen molar-refractivity contribution in [1.82, 2.24) is 14.9 Å². The molecule has 2 N–H and O–H groups in total. The summed E-state index contributed by atoms with van der Waals surface area (Å²) in [5.41, 5.74) is 3.53. The summed E-state index contributed by atoms with van der Waals surface area (Å²) < 4.78 is 7.14. The number of hydrogen-bond donors (Lipinski definition) is 2. The number of aromatic hydroxyl groups is 1. The second-order valence-electron chi connectivity index (χ2n) is 5.44. The number of morpholine rings is 1. The molecule has 2 aromatic rings. The molecule has 0 radical (unpaired) electrons. The SMILES string of the molecule is CONC(=S)N=Nc1c(O)n(CN2CCOCC2)c2ccc(Cl)cc12. The molecule has 0 atom stereocenters. The zero-order valence-corrected chi connectivity index (χ0v) is 15.2. The first kappa shape index (κ1) is 18.0. The van der Waals surface area contributed by atoms with Gasteiger partial charge < -0.3 is 9.84 Å². The Labute approximate surface area is 154 Å². The average Bonchev–Trinajstić information content (AvgIpc) is 2.85. The summed E-state index contributed by atoms with van der Waals surface area (Å²) in [4.78, 5) is 6.87. The smallest absolute Gasteiger partial charge is 0.237 e. The van der Waals surface area contributed by atoms with E-state index in [-0.39, 0.29) is 11.0 Å². The van der Waals surface area contributed by atoms with E-state index in [0.717, 1.165) is 18.6 Å². The van der Waals surface area contributed by atoms with Gasteiger partial charge in [0.25, 0.3) is 0 Å². The van der Waals surface area contributed by atoms with Crippen LogP contribution in [0.15, 0.2) is 28.4 Å². The van der Waals surface area contributed by atoms with Crippen LogP contribution >= 0.6 is 23.8 Å². The monoisotopic (exact) mass is 383 g/mol. The van der Waals surface area contributed by atoms with E-state index in [9.17, 15) is 5.11 Å². The van der Waals surface area contributed by atoms with Gasteiger partial charge in [0.2, 0.25) is 11.0 Å². The van der Waals surface area contributed by atoms with Crippen LogP contribution in [0.1, 0.15) is 0 Å². The summed E-state index contributed by atoms with van der Waals surface area (Å²) in [6.07, 6.45) is 0. The molecule has 3 rings (SSSR count). The number of thiocarbonyl (C=S) groups is 1. The lowest BCUT2D eigenvalue weighted by Crippen LogP contribution is -2.37. The minimum atomic E-state index is 0.00715. The van der Waals surface area contributed by atoms with Crippen molar-refractivity contribution >= 4 is 45.5 Å². The molecule has 25 heavy (non-hydrogen) atoms. The Bertz CT molecular complexity index is 804. The average molecular weight is 384 g/mol. The maximum atomic E-state index is 10.7. The molecule has 1 aliphatic heterocycles. The van der Waals surface area contributed by atoms with Gasteiger partial charge in [-0.1, -0.05) is 11.6 Å². The Morgan fingerprint density at radius 1 is 1.44 bits per heavy atom. The van der Waals surface area contributed by atoms with Crippen molar-refractivity contribution in [1.29, 1.82) is 0 Å². The number of azo groups is 1. The molecular weight excluding hydrogens is 366 g/mol. The molecule has 8 nitrogen and oxygen atoms in total. The van der Waals surface area contributed by atoms with Gasteiger partial charge in [-0.15, -0.1) is 10.2 Å². The Kier molecular flexibility index (Phi) is 5.82. The molecule has 1 aromatic carbocycles. The molecule has 0 saturated carbocycles. The number of hydrogen-bond acceptors (Lipinski definition) is 6. The number of rotatable bonds is 4. The predicted molar refractivity (Wildman–Crippen MR) is 98.3 cm³/mol. The van der Waals surface area contributed by atoms with E-state index in [1.807, 2.05) is 6.07 Å². The van der Waals surface area contributed by atoms with Crippen LogP contribution in [-0.2, 0) is 16.2 Å². The van der Waals surface area contributed by atoms with Crippen LogP contribution in [0.3, 0.4) is 0 Å². The number of ether oxygens (including phenoxy) is 1. The third-order valence-electron chi connectivity index (χ3n) is 3.85. The van der Waals surface area contributed by atoms with Crippen molar-refractivity contribution < 1.29 is 14.7 Å². The highest BCUT2D eigenvalue weighted by molar-refractivity contribution is 7.80. The highest BCUT2D eigenvalue weighted by Crippen LogP contribution is 2.40. The molecular formula is C15H18ClN5O3S. The molecule has 0 amide bonds. The molecule has 1 aromatic heterocycles. The number of aromatic nitrogens is 1. The van der Waals surface area contributed by atoms with E-state index in [0.29, 0.717) is 36.0 Å². The maximum Gasteiger partial charge on any atom is 0.237 e. The van der Waals surface area contributed by atoms with Crippen LogP contribution in [0, 0.1) is 0 Å². The molecule has 134 valence electrons. The van der Waals surface area contributed by atoms with Crippen LogP contribution in [0.4, 0.5) is 5.69 Å². The van der Waals surface area contributed by atoms with Crippen molar-refractivity contribution in [2.45, 2.75) is 6.67 Å². The molecule has 0 aliphatic carbocycles. The number of benzene rings is 1. The van der Waals surface area contributed by atoms with Gasteiger partial charge in [0.15, 0.2) is 5.69 Å². The summed E-state index contributed by atoms with van der Waals surface area (Å²) in [6, 6.07) is 5.37. The lowest BCUT2D eigenvalue weighted by molar-refractivity contribution is 0.0231. The van der Waals surface area contributed by atoms with Gasteiger partial charge in [0, 0.05) is 23.5 Å². The summed E-state index contributed by atoms with van der Waals surface area (Å²) in [5, 5.41) is 19.9. The third kappa shape index (κ3) is 4.07. The first-order valence-electron chi connectivity index (χ1n) is 7.65. The van der Waals surface area contributed by atoms with Crippen LogP contribution in [-0.4, -0.2) is 53.1 Å². The Morgan fingerprint density at radius 2 is 2.20 bits per heavy atom. The zero-order chi connectivity index (χ0) is 17.8. The van der Waals surface area contributed by atoms with Crippen LogP contribution in [0.25, 0.3) is 10.9 Å². The number of halogens is 1. The van der Waals surface area contributed by atoms with Crippen molar-refractivity contribution in [3.63, 3.8) is 0 Å². The van der Waals surface area contributed by atoms with Crippen molar-refractivity contribution in [2.24, 2.45) is 10.2 Å². The van der Waals surface area contributed by atoms with E-state index in [1.54, 1.807) is 16.7 Å². The van der Waals surface area contributed by atoms with E-state index in [2.05, 4.69) is 25.4 Å². The van der Waals surface area contributed by atoms with E-state index in [1.165, 1.54) is 7.11 Å². The molecule has 1 aliphatic rings. The van der Waals surface area contributed by atoms with Crippen molar-refractivity contribution in [3.05, 3.63) is 23.2 Å². The van der Waals surface area contributed by atoms with Gasteiger partial charge in [-0.2, -0.15) is 0 Å². The van der Waals surface area contributed by atoms with Gasteiger partial charge in [0.1, 0.15) is 0 Å². The van der Waals surface area contributed by atoms with Crippen molar-refractivity contribution in [3.8, 4) is 5.88 Å². The second-order valence-corrected chi connectivity index (χ2v) is 6.27. The maximum absolute atomic E-state index is 10.7. The second kappa shape index (κ2) is 8.07. The molecule has 0 bridgehead atoms. The molecule has 0 spiro atoms. The van der Waals surface area contributed by atoms with Gasteiger partial charge in [0.05, 0.1) is 32.5 Å². The number of hydroxylamine groups is 1. The summed E-state index contributed by atoms with van der Waals surface area (Å²) in [5.74, 6) is 0.00715. The summed E-state index contributed by atoms with van der Waals surface area (Å²) in [6.45, 7) is 3.46. The Hall–Kier alpha value is -1.78. The highest BCUT2D eigenvalue weighted by atomic mass is 35.5. The lowest BCUT2D eigenvalue weighted by Gasteiger charge is -2.27. The van der Waals surface area contributed by atoms with Gasteiger partial charge in [-0.25, -0.2) is 5.48 Å². The Morgan fingerprint density at radius 3 is 2.92 bits per heavy atom. The standard InChI is InChI=1S/C15H18ClN5O3S/c1-23-19-15(25)18-17-13-11-8-10(16)2-3-12(11)21(14(13)22)9-20-4-6-24-7-5-20/h2-3,8,22H,4-7,9H2,1H3,(H,19,25). The quantitative estimate of drug-likeness (QED) is 0.480. The van der Waals surface area contributed by atoms with E-state index < -0.39 is 0 Å². The van der Waals surface area contributed by atoms with Crippen molar-refractivity contribution in [2.75, 3.05) is 33.4 Å².